The van der Waals surface area contributed by atoms with Crippen molar-refractivity contribution in [1.82, 2.24) is 20.4 Å². The monoisotopic (exact) mass is 360 g/mol. The van der Waals surface area contributed by atoms with Crippen LogP contribution in [0.4, 0.5) is 0 Å². The molecule has 0 aromatic carbocycles. The van der Waals surface area contributed by atoms with E-state index in [2.05, 4.69) is 20.4 Å². The molecule has 0 unspecified atom stereocenters. The summed E-state index contributed by atoms with van der Waals surface area (Å²) in [4.78, 5) is 21.5. The van der Waals surface area contributed by atoms with Crippen molar-refractivity contribution in [2.45, 2.75) is 38.1 Å². The number of carbonyl (C=O) groups is 1. The maximum absolute atomic E-state index is 12.7. The van der Waals surface area contributed by atoms with Crippen molar-refractivity contribution in [2.75, 3.05) is 0 Å². The van der Waals surface area contributed by atoms with E-state index in [1.165, 1.54) is 11.3 Å². The molecule has 0 spiro atoms. The summed E-state index contributed by atoms with van der Waals surface area (Å²) in [6.45, 7) is 1.76. The number of nitrogens with zero attached hydrogens (tertiary/aromatic N) is 3. The van der Waals surface area contributed by atoms with Gasteiger partial charge in [0.15, 0.2) is 5.82 Å². The van der Waals surface area contributed by atoms with Gasteiger partial charge in [0.25, 0.3) is 5.91 Å². The fraction of sp³-hybridized carbons (Fsp3) is 0.375. The predicted octanol–water partition coefficient (Wildman–Crippen LogP) is 3.76. The average Bonchev–Trinajstić information content (AvgIpc) is 3.34. The highest BCUT2D eigenvalue weighted by Gasteiger charge is 2.41. The second-order valence-corrected chi connectivity index (χ2v) is 7.57. The Hall–Kier alpha value is -2.06. The lowest BCUT2D eigenvalue weighted by molar-refractivity contribution is 0.0887. The number of hydrogen-bond acceptors (Lipinski definition) is 7. The Labute approximate surface area is 146 Å². The van der Waals surface area contributed by atoms with Crippen LogP contribution in [0.3, 0.4) is 0 Å². The van der Waals surface area contributed by atoms with Gasteiger partial charge >= 0.3 is 0 Å². The van der Waals surface area contributed by atoms with Gasteiger partial charge in [-0.1, -0.05) is 18.0 Å². The van der Waals surface area contributed by atoms with Crippen molar-refractivity contribution in [3.63, 3.8) is 0 Å². The first kappa shape index (κ1) is 15.5. The molecule has 1 saturated carbocycles. The Kier molecular flexibility index (Phi) is 3.93. The topological polar surface area (TPSA) is 80.9 Å². The summed E-state index contributed by atoms with van der Waals surface area (Å²) in [7, 11) is 0. The third-order valence-corrected chi connectivity index (χ3v) is 5.85. The highest BCUT2D eigenvalue weighted by atomic mass is 32.1. The number of aryl methyl sites for hydroxylation is 1. The van der Waals surface area contributed by atoms with E-state index in [0.29, 0.717) is 17.4 Å². The number of carbonyl (C=O) groups excluding carboxylic acids is 1. The molecule has 4 rings (SSSR count). The molecule has 0 radical (unpaired) electrons. The second kappa shape index (κ2) is 6.10. The van der Waals surface area contributed by atoms with Crippen molar-refractivity contribution in [2.24, 2.45) is 0 Å². The van der Waals surface area contributed by atoms with Gasteiger partial charge in [0.05, 0.1) is 0 Å². The molecular formula is C16H16N4O2S2. The maximum Gasteiger partial charge on any atom is 0.271 e. The molecule has 1 aliphatic rings. The third-order valence-electron chi connectivity index (χ3n) is 4.27. The molecule has 0 aliphatic heterocycles. The number of amides is 1. The van der Waals surface area contributed by atoms with Crippen molar-refractivity contribution in [3.05, 3.63) is 39.6 Å². The summed E-state index contributed by atoms with van der Waals surface area (Å²) in [5.41, 5.74) is 0.946. The van der Waals surface area contributed by atoms with E-state index in [1.807, 2.05) is 16.8 Å². The zero-order chi connectivity index (χ0) is 16.6. The second-order valence-electron chi connectivity index (χ2n) is 5.93. The quantitative estimate of drug-likeness (QED) is 0.766. The molecule has 24 heavy (non-hydrogen) atoms. The molecule has 1 amide bonds. The molecule has 124 valence electrons. The summed E-state index contributed by atoms with van der Waals surface area (Å²) in [6, 6.07) is 2.01. The van der Waals surface area contributed by atoms with Crippen LogP contribution < -0.4 is 5.32 Å². The van der Waals surface area contributed by atoms with E-state index < -0.39 is 5.54 Å². The van der Waals surface area contributed by atoms with Gasteiger partial charge < -0.3 is 9.84 Å². The molecule has 1 N–H and O–H groups in total. The summed E-state index contributed by atoms with van der Waals surface area (Å²) in [5.74, 6) is 0.898. The number of aromatic nitrogens is 3. The standard InChI is InChI=1S/C16H16N4O2S2/c1-10-17-15(20-22-10)16(5-2-3-6-16)19-13(21)12-9-24-14(18-12)11-4-7-23-8-11/h4,7-9H,2-3,5-6H2,1H3,(H,19,21). The van der Waals surface area contributed by atoms with Crippen molar-refractivity contribution in [1.29, 1.82) is 0 Å². The largest absolute Gasteiger partial charge is 0.340 e. The van der Waals surface area contributed by atoms with Crippen LogP contribution in [0.15, 0.2) is 26.7 Å². The number of thiazole rings is 1. The van der Waals surface area contributed by atoms with Crippen LogP contribution >= 0.6 is 22.7 Å². The van der Waals surface area contributed by atoms with Crippen molar-refractivity contribution in [3.8, 4) is 10.6 Å². The van der Waals surface area contributed by atoms with Gasteiger partial charge in [0.2, 0.25) is 5.89 Å². The van der Waals surface area contributed by atoms with E-state index in [1.54, 1.807) is 23.6 Å². The Morgan fingerprint density at radius 3 is 2.79 bits per heavy atom. The predicted molar refractivity (Wildman–Crippen MR) is 92.1 cm³/mol. The maximum atomic E-state index is 12.7. The highest BCUT2D eigenvalue weighted by molar-refractivity contribution is 7.14. The van der Waals surface area contributed by atoms with Gasteiger partial charge in [0, 0.05) is 23.2 Å². The molecule has 3 heterocycles. The van der Waals surface area contributed by atoms with Crippen LogP contribution in [-0.4, -0.2) is 21.0 Å². The molecule has 3 aromatic rings. The van der Waals surface area contributed by atoms with Gasteiger partial charge in [-0.15, -0.1) is 11.3 Å². The van der Waals surface area contributed by atoms with E-state index in [4.69, 9.17) is 4.52 Å². The molecule has 0 saturated heterocycles. The summed E-state index contributed by atoms with van der Waals surface area (Å²) in [5, 5.41) is 13.9. The Bertz CT molecular complexity index is 847. The number of rotatable bonds is 4. The van der Waals surface area contributed by atoms with Crippen LogP contribution in [0.1, 0.15) is 47.9 Å². The average molecular weight is 360 g/mol. The van der Waals surface area contributed by atoms with Gasteiger partial charge in [-0.2, -0.15) is 16.3 Å². The molecule has 0 bridgehead atoms. The Morgan fingerprint density at radius 1 is 1.29 bits per heavy atom. The molecule has 0 atom stereocenters. The van der Waals surface area contributed by atoms with Crippen molar-refractivity contribution < 1.29 is 9.32 Å². The zero-order valence-corrected chi connectivity index (χ0v) is 14.7. The number of hydrogen-bond donors (Lipinski definition) is 1. The normalized spacial score (nSPS) is 16.4. The molecule has 1 aliphatic carbocycles. The fourth-order valence-electron chi connectivity index (χ4n) is 3.05. The fourth-order valence-corrected chi connectivity index (χ4v) is 4.57. The first-order valence-corrected chi connectivity index (χ1v) is 9.60. The van der Waals surface area contributed by atoms with Crippen LogP contribution in [0.2, 0.25) is 0 Å². The van der Waals surface area contributed by atoms with Gasteiger partial charge in [-0.3, -0.25) is 4.79 Å². The Morgan fingerprint density at radius 2 is 2.12 bits per heavy atom. The lowest BCUT2D eigenvalue weighted by atomic mass is 9.96. The molecule has 8 heteroatoms. The lowest BCUT2D eigenvalue weighted by Crippen LogP contribution is -2.44. The van der Waals surface area contributed by atoms with E-state index >= 15 is 0 Å². The first-order chi connectivity index (χ1) is 11.7. The van der Waals surface area contributed by atoms with Gasteiger partial charge in [0.1, 0.15) is 16.2 Å². The minimum absolute atomic E-state index is 0.183. The SMILES string of the molecule is Cc1nc(C2(NC(=O)c3csc(-c4ccsc4)n3)CCCC2)no1. The third kappa shape index (κ3) is 2.76. The van der Waals surface area contributed by atoms with Crippen LogP contribution in [0.25, 0.3) is 10.6 Å². The smallest absolute Gasteiger partial charge is 0.271 e. The summed E-state index contributed by atoms with van der Waals surface area (Å²) < 4.78 is 5.12. The van der Waals surface area contributed by atoms with E-state index in [9.17, 15) is 4.79 Å². The Balaban J connectivity index is 1.58. The molecule has 6 nitrogen and oxygen atoms in total. The molecular weight excluding hydrogens is 344 g/mol. The van der Waals surface area contributed by atoms with Crippen molar-refractivity contribution >= 4 is 28.6 Å². The van der Waals surface area contributed by atoms with Crippen LogP contribution in [0, 0.1) is 6.92 Å². The molecule has 1 fully saturated rings. The van der Waals surface area contributed by atoms with Crippen LogP contribution in [0.5, 0.6) is 0 Å². The van der Waals surface area contributed by atoms with Crippen LogP contribution in [-0.2, 0) is 5.54 Å². The summed E-state index contributed by atoms with van der Waals surface area (Å²) in [6.07, 6.45) is 3.70. The highest BCUT2D eigenvalue weighted by Crippen LogP contribution is 2.37. The molecule has 3 aromatic heterocycles. The summed E-state index contributed by atoms with van der Waals surface area (Å²) >= 11 is 3.09. The van der Waals surface area contributed by atoms with E-state index in [0.717, 1.165) is 36.3 Å². The minimum Gasteiger partial charge on any atom is -0.340 e. The van der Waals surface area contributed by atoms with E-state index in [-0.39, 0.29) is 5.91 Å². The minimum atomic E-state index is -0.541. The van der Waals surface area contributed by atoms with Gasteiger partial charge in [-0.05, 0) is 24.3 Å². The number of nitrogens with one attached hydrogen (secondary N) is 1. The zero-order valence-electron chi connectivity index (χ0n) is 13.1. The van der Waals surface area contributed by atoms with Gasteiger partial charge in [-0.25, -0.2) is 4.98 Å². The number of thiophene rings is 1. The first-order valence-electron chi connectivity index (χ1n) is 7.78. The lowest BCUT2D eigenvalue weighted by Gasteiger charge is -2.26.